The molecule has 0 aliphatic rings. The highest BCUT2D eigenvalue weighted by atomic mass is 16.5. The maximum atomic E-state index is 11.1. The van der Waals surface area contributed by atoms with Gasteiger partial charge in [0.15, 0.2) is 0 Å². The van der Waals surface area contributed by atoms with Gasteiger partial charge in [0.2, 0.25) is 5.88 Å². The second-order valence-electron chi connectivity index (χ2n) is 4.26. The Morgan fingerprint density at radius 2 is 2.20 bits per heavy atom. The van der Waals surface area contributed by atoms with E-state index in [1.807, 2.05) is 0 Å². The van der Waals surface area contributed by atoms with Crippen molar-refractivity contribution < 1.29 is 14.6 Å². The van der Waals surface area contributed by atoms with Crippen LogP contribution in [0.3, 0.4) is 0 Å². The van der Waals surface area contributed by atoms with Crippen LogP contribution in [0.4, 0.5) is 0 Å². The number of aromatic nitrogens is 3. The Bertz CT molecular complexity index is 795. The predicted octanol–water partition coefficient (Wildman–Crippen LogP) is 2.76. The smallest absolute Gasteiger partial charge is 0.337 e. The summed E-state index contributed by atoms with van der Waals surface area (Å²) in [6.07, 6.45) is 3.07. The third kappa shape index (κ3) is 2.18. The molecule has 6 nitrogen and oxygen atoms in total. The second kappa shape index (κ2) is 4.65. The molecule has 0 amide bonds. The van der Waals surface area contributed by atoms with E-state index >= 15 is 0 Å². The highest BCUT2D eigenvalue weighted by molar-refractivity contribution is 6.03. The summed E-state index contributed by atoms with van der Waals surface area (Å²) in [5, 5.41) is 9.71. The third-order valence-corrected chi connectivity index (χ3v) is 2.86. The van der Waals surface area contributed by atoms with Gasteiger partial charge in [-0.3, -0.25) is 0 Å². The molecule has 3 rings (SSSR count). The normalized spacial score (nSPS) is 10.7. The van der Waals surface area contributed by atoms with Crippen LogP contribution in [-0.4, -0.2) is 26.0 Å². The fraction of sp³-hybridized carbons (Fsp3) is 0.0714. The van der Waals surface area contributed by atoms with Gasteiger partial charge in [-0.25, -0.2) is 9.78 Å². The summed E-state index contributed by atoms with van der Waals surface area (Å²) in [6.45, 7) is 1.77. The lowest BCUT2D eigenvalue weighted by molar-refractivity contribution is 0.0699. The molecule has 100 valence electrons. The molecule has 0 aliphatic carbocycles. The van der Waals surface area contributed by atoms with Gasteiger partial charge in [0, 0.05) is 29.4 Å². The zero-order chi connectivity index (χ0) is 14.1. The number of hydrogen-bond acceptors (Lipinski definition) is 4. The fourth-order valence-electron chi connectivity index (χ4n) is 1.95. The van der Waals surface area contributed by atoms with Crippen molar-refractivity contribution in [1.82, 2.24) is 15.0 Å². The lowest BCUT2D eigenvalue weighted by Crippen LogP contribution is -1.94. The first kappa shape index (κ1) is 12.2. The van der Waals surface area contributed by atoms with Gasteiger partial charge in [0.1, 0.15) is 11.6 Å². The van der Waals surface area contributed by atoms with Crippen LogP contribution in [0, 0.1) is 6.92 Å². The zero-order valence-electron chi connectivity index (χ0n) is 10.6. The van der Waals surface area contributed by atoms with Crippen molar-refractivity contribution in [1.29, 1.82) is 0 Å². The zero-order valence-corrected chi connectivity index (χ0v) is 10.6. The van der Waals surface area contributed by atoms with Crippen LogP contribution in [0.2, 0.25) is 0 Å². The number of aromatic amines is 1. The third-order valence-electron chi connectivity index (χ3n) is 2.86. The first-order chi connectivity index (χ1) is 9.63. The second-order valence-corrected chi connectivity index (χ2v) is 4.26. The molecule has 2 aromatic heterocycles. The number of hydrogen-bond donors (Lipinski definition) is 2. The van der Waals surface area contributed by atoms with E-state index in [4.69, 9.17) is 9.84 Å². The quantitative estimate of drug-likeness (QED) is 0.763. The minimum Gasteiger partial charge on any atom is -0.478 e. The van der Waals surface area contributed by atoms with Crippen LogP contribution < -0.4 is 4.74 Å². The number of carboxylic acids is 1. The number of nitrogens with zero attached hydrogens (tertiary/aromatic N) is 2. The molecule has 0 saturated carbocycles. The van der Waals surface area contributed by atoms with E-state index in [2.05, 4.69) is 15.0 Å². The molecule has 20 heavy (non-hydrogen) atoms. The minimum absolute atomic E-state index is 0.212. The average Bonchev–Trinajstić information content (AvgIpc) is 2.82. The summed E-state index contributed by atoms with van der Waals surface area (Å²) in [6, 6.07) is 6.84. The molecule has 0 unspecified atom stereocenters. The fourth-order valence-corrected chi connectivity index (χ4v) is 1.95. The summed E-state index contributed by atoms with van der Waals surface area (Å²) in [7, 11) is 0. The first-order valence-electron chi connectivity index (χ1n) is 5.95. The van der Waals surface area contributed by atoms with Gasteiger partial charge in [-0.15, -0.1) is 0 Å². The van der Waals surface area contributed by atoms with E-state index < -0.39 is 5.97 Å². The van der Waals surface area contributed by atoms with Crippen molar-refractivity contribution in [3.05, 3.63) is 48.0 Å². The van der Waals surface area contributed by atoms with Crippen molar-refractivity contribution in [2.45, 2.75) is 6.92 Å². The Hall–Kier alpha value is -2.89. The van der Waals surface area contributed by atoms with Gasteiger partial charge in [0.25, 0.3) is 0 Å². The summed E-state index contributed by atoms with van der Waals surface area (Å²) in [5.74, 6) is 0.574. The van der Waals surface area contributed by atoms with E-state index in [-0.39, 0.29) is 5.56 Å². The van der Waals surface area contributed by atoms with E-state index in [0.717, 1.165) is 5.52 Å². The Morgan fingerprint density at radius 1 is 1.35 bits per heavy atom. The Balaban J connectivity index is 2.00. The number of benzene rings is 1. The molecule has 0 aliphatic heterocycles. The maximum Gasteiger partial charge on any atom is 0.337 e. The maximum absolute atomic E-state index is 11.1. The molecule has 0 bridgehead atoms. The summed E-state index contributed by atoms with van der Waals surface area (Å²) < 4.78 is 5.61. The number of aryl methyl sites for hydroxylation is 1. The van der Waals surface area contributed by atoms with Crippen molar-refractivity contribution in [3.8, 4) is 11.6 Å². The highest BCUT2D eigenvalue weighted by Crippen LogP contribution is 2.26. The average molecular weight is 269 g/mol. The molecule has 3 aromatic rings. The van der Waals surface area contributed by atoms with Crippen LogP contribution in [0.25, 0.3) is 10.9 Å². The molecule has 6 heteroatoms. The van der Waals surface area contributed by atoms with E-state index in [0.29, 0.717) is 22.8 Å². The molecule has 0 radical (unpaired) electrons. The number of ether oxygens (including phenoxy) is 1. The van der Waals surface area contributed by atoms with E-state index in [1.54, 1.807) is 37.4 Å². The van der Waals surface area contributed by atoms with E-state index in [1.165, 1.54) is 6.20 Å². The molecule has 2 heterocycles. The topological polar surface area (TPSA) is 88.1 Å². The van der Waals surface area contributed by atoms with Crippen molar-refractivity contribution >= 4 is 16.9 Å². The standard InChI is InChI=1S/C14H11N3O3/c1-8-15-5-4-13(17-8)20-9-2-3-12-10(6-9)11(7-16-12)14(18)19/h2-7,16H,1H3,(H,18,19). The molecule has 2 N–H and O–H groups in total. The molecule has 1 aromatic carbocycles. The lowest BCUT2D eigenvalue weighted by Gasteiger charge is -2.05. The SMILES string of the molecule is Cc1nccc(Oc2ccc3[nH]cc(C(=O)O)c3c2)n1. The summed E-state index contributed by atoms with van der Waals surface area (Å²) >= 11 is 0. The molecule has 0 fully saturated rings. The Labute approximate surface area is 114 Å². The van der Waals surface area contributed by atoms with Crippen LogP contribution in [0.1, 0.15) is 16.2 Å². The summed E-state index contributed by atoms with van der Waals surface area (Å²) in [5.41, 5.74) is 0.956. The lowest BCUT2D eigenvalue weighted by atomic mass is 10.1. The largest absolute Gasteiger partial charge is 0.478 e. The van der Waals surface area contributed by atoms with Crippen molar-refractivity contribution in [3.63, 3.8) is 0 Å². The number of rotatable bonds is 3. The van der Waals surface area contributed by atoms with Crippen molar-refractivity contribution in [2.24, 2.45) is 0 Å². The number of fused-ring (bicyclic) bond motifs is 1. The van der Waals surface area contributed by atoms with Gasteiger partial charge in [-0.1, -0.05) is 0 Å². The Morgan fingerprint density at radius 3 is 2.95 bits per heavy atom. The number of carbonyl (C=O) groups is 1. The van der Waals surface area contributed by atoms with Gasteiger partial charge < -0.3 is 14.8 Å². The number of nitrogens with one attached hydrogen (secondary N) is 1. The predicted molar refractivity (Wildman–Crippen MR) is 72.1 cm³/mol. The first-order valence-corrected chi connectivity index (χ1v) is 5.95. The molecule has 0 atom stereocenters. The number of aromatic carboxylic acids is 1. The minimum atomic E-state index is -0.980. The van der Waals surface area contributed by atoms with E-state index in [9.17, 15) is 4.79 Å². The molecular formula is C14H11N3O3. The van der Waals surface area contributed by atoms with Crippen LogP contribution >= 0.6 is 0 Å². The molecule has 0 spiro atoms. The van der Waals surface area contributed by atoms with Crippen LogP contribution in [0.15, 0.2) is 36.7 Å². The summed E-state index contributed by atoms with van der Waals surface area (Å²) in [4.78, 5) is 22.1. The van der Waals surface area contributed by atoms with Gasteiger partial charge in [-0.05, 0) is 25.1 Å². The van der Waals surface area contributed by atoms with Crippen molar-refractivity contribution in [2.75, 3.05) is 0 Å². The molecule has 0 saturated heterocycles. The monoisotopic (exact) mass is 269 g/mol. The van der Waals surface area contributed by atoms with Crippen LogP contribution in [0.5, 0.6) is 11.6 Å². The van der Waals surface area contributed by atoms with Gasteiger partial charge in [0.05, 0.1) is 5.56 Å². The molecular weight excluding hydrogens is 258 g/mol. The Kier molecular flexibility index (Phi) is 2.83. The van der Waals surface area contributed by atoms with Gasteiger partial charge in [-0.2, -0.15) is 4.98 Å². The van der Waals surface area contributed by atoms with Crippen LogP contribution in [-0.2, 0) is 0 Å². The number of carboxylic acid groups (broad SMARTS) is 1. The highest BCUT2D eigenvalue weighted by Gasteiger charge is 2.11. The number of H-pyrrole nitrogens is 1. The van der Waals surface area contributed by atoms with Gasteiger partial charge >= 0.3 is 5.97 Å².